The van der Waals surface area contributed by atoms with Crippen LogP contribution in [0.3, 0.4) is 0 Å². The van der Waals surface area contributed by atoms with Crippen molar-refractivity contribution in [2.24, 2.45) is 5.73 Å². The van der Waals surface area contributed by atoms with Gasteiger partial charge in [0.25, 0.3) is 0 Å². The van der Waals surface area contributed by atoms with E-state index in [9.17, 15) is 0 Å². The average molecular weight is 265 g/mol. The zero-order valence-corrected chi connectivity index (χ0v) is 11.9. The molecule has 0 aromatic heterocycles. The molecule has 0 fully saturated rings. The van der Waals surface area contributed by atoms with Crippen molar-refractivity contribution in [3.63, 3.8) is 0 Å². The molecule has 0 aliphatic heterocycles. The van der Waals surface area contributed by atoms with Crippen LogP contribution in [0.2, 0.25) is 0 Å². The highest BCUT2D eigenvalue weighted by molar-refractivity contribution is 5.51. The maximum atomic E-state index is 8.85. The summed E-state index contributed by atoms with van der Waals surface area (Å²) < 4.78 is 0. The fourth-order valence-corrected chi connectivity index (χ4v) is 2.41. The van der Waals surface area contributed by atoms with Crippen LogP contribution >= 0.6 is 0 Å². The molecular weight excluding hydrogens is 246 g/mol. The van der Waals surface area contributed by atoms with Gasteiger partial charge in [-0.2, -0.15) is 5.26 Å². The Kier molecular flexibility index (Phi) is 4.39. The van der Waals surface area contributed by atoms with Crippen molar-refractivity contribution in [2.75, 3.05) is 18.5 Å². The van der Waals surface area contributed by atoms with Crippen molar-refractivity contribution >= 4 is 5.69 Å². The fraction of sp³-hybridized carbons (Fsp3) is 0.235. The van der Waals surface area contributed by atoms with Crippen molar-refractivity contribution in [1.29, 1.82) is 5.26 Å². The molecule has 0 radical (unpaired) electrons. The molecule has 0 spiro atoms. The first-order valence-electron chi connectivity index (χ1n) is 6.66. The maximum Gasteiger partial charge on any atom is 0.0991 e. The van der Waals surface area contributed by atoms with Crippen molar-refractivity contribution in [3.05, 3.63) is 65.2 Å². The second kappa shape index (κ2) is 6.23. The molecular formula is C17H19N3. The highest BCUT2D eigenvalue weighted by atomic mass is 15.1. The van der Waals surface area contributed by atoms with Crippen LogP contribution in [0.5, 0.6) is 0 Å². The van der Waals surface area contributed by atoms with Crippen LogP contribution in [0.4, 0.5) is 5.69 Å². The SMILES string of the molecule is Cc1ccccc1C(CN)N(C)c1ccc(C#N)cc1. The first-order valence-corrected chi connectivity index (χ1v) is 6.66. The smallest absolute Gasteiger partial charge is 0.0991 e. The monoisotopic (exact) mass is 265 g/mol. The van der Waals surface area contributed by atoms with Crippen LogP contribution < -0.4 is 10.6 Å². The van der Waals surface area contributed by atoms with Gasteiger partial charge in [0.1, 0.15) is 0 Å². The number of nitrogens with two attached hydrogens (primary N) is 1. The average Bonchev–Trinajstić information content (AvgIpc) is 2.50. The Bertz CT molecular complexity index is 611. The van der Waals surface area contributed by atoms with E-state index in [0.717, 1.165) is 5.69 Å². The van der Waals surface area contributed by atoms with Gasteiger partial charge < -0.3 is 10.6 Å². The van der Waals surface area contributed by atoms with E-state index in [2.05, 4.69) is 30.0 Å². The van der Waals surface area contributed by atoms with E-state index in [1.165, 1.54) is 11.1 Å². The summed E-state index contributed by atoms with van der Waals surface area (Å²) >= 11 is 0. The van der Waals surface area contributed by atoms with Crippen molar-refractivity contribution in [1.82, 2.24) is 0 Å². The van der Waals surface area contributed by atoms with E-state index < -0.39 is 0 Å². The fourth-order valence-electron chi connectivity index (χ4n) is 2.41. The first-order chi connectivity index (χ1) is 9.67. The molecule has 0 saturated heterocycles. The van der Waals surface area contributed by atoms with E-state index >= 15 is 0 Å². The minimum absolute atomic E-state index is 0.129. The zero-order chi connectivity index (χ0) is 14.5. The summed E-state index contributed by atoms with van der Waals surface area (Å²) in [7, 11) is 2.03. The van der Waals surface area contributed by atoms with Gasteiger partial charge in [0.15, 0.2) is 0 Å². The molecule has 0 bridgehead atoms. The lowest BCUT2D eigenvalue weighted by Gasteiger charge is -2.30. The summed E-state index contributed by atoms with van der Waals surface area (Å²) in [5, 5.41) is 8.85. The summed E-state index contributed by atoms with van der Waals surface area (Å²) in [4.78, 5) is 2.16. The first kappa shape index (κ1) is 14.1. The van der Waals surface area contributed by atoms with Crippen LogP contribution in [0, 0.1) is 18.3 Å². The van der Waals surface area contributed by atoms with Gasteiger partial charge in [0.05, 0.1) is 17.7 Å². The quantitative estimate of drug-likeness (QED) is 0.924. The molecule has 2 aromatic rings. The number of likely N-dealkylation sites (N-methyl/N-ethyl adjacent to an activating group) is 1. The summed E-state index contributed by atoms with van der Waals surface area (Å²) in [5.74, 6) is 0. The number of hydrogen-bond acceptors (Lipinski definition) is 3. The van der Waals surface area contributed by atoms with Gasteiger partial charge in [0.2, 0.25) is 0 Å². The molecule has 0 amide bonds. The van der Waals surface area contributed by atoms with E-state index in [0.29, 0.717) is 12.1 Å². The number of nitrogens with zero attached hydrogens (tertiary/aromatic N) is 2. The number of hydrogen-bond donors (Lipinski definition) is 1. The van der Waals surface area contributed by atoms with Crippen LogP contribution in [0.1, 0.15) is 22.7 Å². The Hall–Kier alpha value is -2.31. The standard InChI is InChI=1S/C17H19N3/c1-13-5-3-4-6-16(13)17(12-19)20(2)15-9-7-14(11-18)8-10-15/h3-10,17H,12,19H2,1-2H3. The number of benzene rings is 2. The second-order valence-corrected chi connectivity index (χ2v) is 4.88. The summed E-state index contributed by atoms with van der Waals surface area (Å²) in [6.45, 7) is 2.64. The minimum atomic E-state index is 0.129. The van der Waals surface area contributed by atoms with Gasteiger partial charge in [-0.25, -0.2) is 0 Å². The third-order valence-electron chi connectivity index (χ3n) is 3.64. The van der Waals surface area contributed by atoms with Gasteiger partial charge in [-0.05, 0) is 42.3 Å². The zero-order valence-electron chi connectivity index (χ0n) is 11.9. The van der Waals surface area contributed by atoms with Crippen LogP contribution in [0.15, 0.2) is 48.5 Å². The Morgan fingerprint density at radius 2 is 1.80 bits per heavy atom. The third-order valence-corrected chi connectivity index (χ3v) is 3.64. The largest absolute Gasteiger partial charge is 0.366 e. The Morgan fingerprint density at radius 1 is 1.15 bits per heavy atom. The molecule has 0 saturated carbocycles. The van der Waals surface area contributed by atoms with E-state index in [-0.39, 0.29) is 6.04 Å². The maximum absolute atomic E-state index is 8.85. The molecule has 2 rings (SSSR count). The van der Waals surface area contributed by atoms with E-state index in [1.54, 1.807) is 0 Å². The van der Waals surface area contributed by atoms with Crippen LogP contribution in [-0.2, 0) is 0 Å². The van der Waals surface area contributed by atoms with Gasteiger partial charge >= 0.3 is 0 Å². The van der Waals surface area contributed by atoms with Crippen molar-refractivity contribution in [2.45, 2.75) is 13.0 Å². The highest BCUT2D eigenvalue weighted by Gasteiger charge is 2.17. The molecule has 3 nitrogen and oxygen atoms in total. The lowest BCUT2D eigenvalue weighted by molar-refractivity contribution is 0.676. The number of rotatable bonds is 4. The topological polar surface area (TPSA) is 53.0 Å². The molecule has 102 valence electrons. The minimum Gasteiger partial charge on any atom is -0.366 e. The molecule has 0 aliphatic rings. The Labute approximate surface area is 120 Å². The second-order valence-electron chi connectivity index (χ2n) is 4.88. The van der Waals surface area contributed by atoms with E-state index in [4.69, 9.17) is 11.0 Å². The number of nitriles is 1. The number of anilines is 1. The summed E-state index contributed by atoms with van der Waals surface area (Å²) in [6.07, 6.45) is 0. The van der Waals surface area contributed by atoms with Gasteiger partial charge in [-0.15, -0.1) is 0 Å². The van der Waals surface area contributed by atoms with Crippen molar-refractivity contribution < 1.29 is 0 Å². The van der Waals surface area contributed by atoms with Gasteiger partial charge in [0, 0.05) is 19.3 Å². The summed E-state index contributed by atoms with van der Waals surface area (Å²) in [5.41, 5.74) is 10.2. The molecule has 1 atom stereocenters. The lowest BCUT2D eigenvalue weighted by Crippen LogP contribution is -2.30. The molecule has 0 heterocycles. The van der Waals surface area contributed by atoms with Gasteiger partial charge in [-0.3, -0.25) is 0 Å². The number of aryl methyl sites for hydroxylation is 1. The van der Waals surface area contributed by atoms with Gasteiger partial charge in [-0.1, -0.05) is 24.3 Å². The van der Waals surface area contributed by atoms with Crippen LogP contribution in [-0.4, -0.2) is 13.6 Å². The molecule has 3 heteroatoms. The lowest BCUT2D eigenvalue weighted by atomic mass is 9.99. The highest BCUT2D eigenvalue weighted by Crippen LogP contribution is 2.27. The molecule has 20 heavy (non-hydrogen) atoms. The van der Waals surface area contributed by atoms with Crippen LogP contribution in [0.25, 0.3) is 0 Å². The van der Waals surface area contributed by atoms with Crippen molar-refractivity contribution in [3.8, 4) is 6.07 Å². The molecule has 2 N–H and O–H groups in total. The molecule has 0 aliphatic carbocycles. The Morgan fingerprint density at radius 3 is 2.35 bits per heavy atom. The summed E-state index contributed by atoms with van der Waals surface area (Å²) in [6, 6.07) is 18.1. The predicted molar refractivity (Wildman–Crippen MR) is 82.5 cm³/mol. The molecule has 1 unspecified atom stereocenters. The third kappa shape index (κ3) is 2.81. The van der Waals surface area contributed by atoms with E-state index in [1.807, 2.05) is 43.4 Å². The normalized spacial score (nSPS) is 11.7. The predicted octanol–water partition coefficient (Wildman–Crippen LogP) is 3.00. The molecule has 2 aromatic carbocycles. The Balaban J connectivity index is 2.31.